The number of nitrogens with one attached hydrogen (secondary N) is 3. The molecule has 1 aliphatic rings. The van der Waals surface area contributed by atoms with Crippen LogP contribution in [0.25, 0.3) is 0 Å². The summed E-state index contributed by atoms with van der Waals surface area (Å²) >= 11 is 0. The first-order chi connectivity index (χ1) is 15.0. The highest BCUT2D eigenvalue weighted by Gasteiger charge is 2.24. The van der Waals surface area contributed by atoms with E-state index in [9.17, 15) is 4.79 Å². The molecular formula is C24H42IN5O3. The Kier molecular flexibility index (Phi) is 11.9. The molecule has 0 spiro atoms. The van der Waals surface area contributed by atoms with Crippen LogP contribution >= 0.6 is 24.0 Å². The van der Waals surface area contributed by atoms with Crippen molar-refractivity contribution in [2.75, 3.05) is 33.3 Å². The molecule has 0 bridgehead atoms. The second-order valence-corrected chi connectivity index (χ2v) is 10.0. The third kappa shape index (κ3) is 11.9. The topological polar surface area (TPSA) is 87.2 Å². The number of ether oxygens (including phenoxy) is 2. The molecule has 1 saturated heterocycles. The summed E-state index contributed by atoms with van der Waals surface area (Å²) in [6.07, 6.45) is -0.143. The van der Waals surface area contributed by atoms with Crippen LogP contribution in [-0.2, 0) is 22.6 Å². The fourth-order valence-corrected chi connectivity index (χ4v) is 3.47. The average molecular weight is 576 g/mol. The van der Waals surface area contributed by atoms with Crippen LogP contribution in [-0.4, -0.2) is 67.5 Å². The van der Waals surface area contributed by atoms with Crippen LogP contribution in [0.2, 0.25) is 0 Å². The number of alkyl carbamates (subject to hydrolysis) is 1. The van der Waals surface area contributed by atoms with Crippen molar-refractivity contribution in [3.63, 3.8) is 0 Å². The number of nitrogens with zero attached hydrogens (tertiary/aromatic N) is 2. The van der Waals surface area contributed by atoms with Crippen molar-refractivity contribution in [1.29, 1.82) is 0 Å². The monoisotopic (exact) mass is 575 g/mol. The van der Waals surface area contributed by atoms with Crippen LogP contribution in [0.3, 0.4) is 0 Å². The molecule has 1 amide bonds. The lowest BCUT2D eigenvalue weighted by atomic mass is 10.1. The Morgan fingerprint density at radius 1 is 1.21 bits per heavy atom. The molecule has 8 nitrogen and oxygen atoms in total. The molecule has 188 valence electrons. The molecule has 0 radical (unpaired) electrons. The van der Waals surface area contributed by atoms with Crippen LogP contribution < -0.4 is 16.0 Å². The van der Waals surface area contributed by atoms with Gasteiger partial charge >= 0.3 is 6.09 Å². The lowest BCUT2D eigenvalue weighted by molar-refractivity contribution is -0.0212. The predicted octanol–water partition coefficient (Wildman–Crippen LogP) is 3.49. The third-order valence-corrected chi connectivity index (χ3v) is 4.94. The fraction of sp³-hybridized carbons (Fsp3) is 0.667. The van der Waals surface area contributed by atoms with E-state index in [1.807, 2.05) is 34.6 Å². The number of hydrogen-bond acceptors (Lipinski definition) is 5. The number of morpholine rings is 1. The summed E-state index contributed by atoms with van der Waals surface area (Å²) in [7, 11) is 1.74. The van der Waals surface area contributed by atoms with Gasteiger partial charge in [-0.1, -0.05) is 24.3 Å². The first-order valence-corrected chi connectivity index (χ1v) is 11.3. The van der Waals surface area contributed by atoms with Gasteiger partial charge in [-0.2, -0.15) is 0 Å². The minimum atomic E-state index is -0.528. The van der Waals surface area contributed by atoms with E-state index in [1.165, 1.54) is 11.1 Å². The van der Waals surface area contributed by atoms with Crippen molar-refractivity contribution >= 4 is 36.0 Å². The standard InChI is InChI=1S/C24H41N5O3.HI/c1-18-15-29(11-12-31-18)16-20-10-8-9-19(13-20)14-26-21(25-7)27-17-24(5,6)28-22(30)32-23(2,3)4;/h8-10,13,18H,11-12,14-17H2,1-7H3,(H,28,30)(H2,25,26,27);1H. The van der Waals surface area contributed by atoms with Crippen molar-refractivity contribution in [2.45, 2.75) is 71.9 Å². The van der Waals surface area contributed by atoms with Crippen molar-refractivity contribution in [1.82, 2.24) is 20.9 Å². The molecule has 1 atom stereocenters. The minimum Gasteiger partial charge on any atom is -0.444 e. The van der Waals surface area contributed by atoms with Gasteiger partial charge in [0, 0.05) is 39.8 Å². The highest BCUT2D eigenvalue weighted by atomic mass is 127. The molecule has 33 heavy (non-hydrogen) atoms. The Balaban J connectivity index is 0.00000544. The second-order valence-electron chi connectivity index (χ2n) is 10.0. The van der Waals surface area contributed by atoms with Crippen LogP contribution in [0.15, 0.2) is 29.3 Å². The van der Waals surface area contributed by atoms with Crippen LogP contribution in [0.1, 0.15) is 52.7 Å². The van der Waals surface area contributed by atoms with Gasteiger partial charge in [-0.15, -0.1) is 24.0 Å². The molecule has 0 saturated carbocycles. The van der Waals surface area contributed by atoms with Gasteiger partial charge in [0.25, 0.3) is 0 Å². The van der Waals surface area contributed by atoms with E-state index in [-0.39, 0.29) is 30.1 Å². The maximum atomic E-state index is 12.1. The molecule has 1 fully saturated rings. The quantitative estimate of drug-likeness (QED) is 0.262. The number of hydrogen-bond donors (Lipinski definition) is 3. The summed E-state index contributed by atoms with van der Waals surface area (Å²) in [5, 5.41) is 9.52. The van der Waals surface area contributed by atoms with Gasteiger partial charge in [0.2, 0.25) is 0 Å². The average Bonchev–Trinajstić information content (AvgIpc) is 2.66. The summed E-state index contributed by atoms with van der Waals surface area (Å²) in [5.41, 5.74) is 1.46. The van der Waals surface area contributed by atoms with Gasteiger partial charge in [0.1, 0.15) is 5.60 Å². The summed E-state index contributed by atoms with van der Waals surface area (Å²) in [5.74, 6) is 0.677. The summed E-state index contributed by atoms with van der Waals surface area (Å²) in [6.45, 7) is 16.4. The highest BCUT2D eigenvalue weighted by Crippen LogP contribution is 2.12. The molecule has 1 heterocycles. The van der Waals surface area contributed by atoms with E-state index in [0.717, 1.165) is 26.2 Å². The fourth-order valence-electron chi connectivity index (χ4n) is 3.47. The Labute approximate surface area is 216 Å². The van der Waals surface area contributed by atoms with Crippen LogP contribution in [0.5, 0.6) is 0 Å². The Morgan fingerprint density at radius 3 is 2.55 bits per heavy atom. The number of guanidine groups is 1. The van der Waals surface area contributed by atoms with Crippen LogP contribution in [0, 0.1) is 0 Å². The van der Waals surface area contributed by atoms with E-state index >= 15 is 0 Å². The maximum Gasteiger partial charge on any atom is 0.408 e. The van der Waals surface area contributed by atoms with Gasteiger partial charge in [-0.05, 0) is 52.7 Å². The van der Waals surface area contributed by atoms with Crippen LogP contribution in [0.4, 0.5) is 4.79 Å². The van der Waals surface area contributed by atoms with E-state index in [0.29, 0.717) is 19.0 Å². The van der Waals surface area contributed by atoms with E-state index < -0.39 is 17.2 Å². The van der Waals surface area contributed by atoms with Crippen molar-refractivity contribution in [3.8, 4) is 0 Å². The number of carbonyl (C=O) groups is 1. The normalized spacial score (nSPS) is 17.7. The zero-order chi connectivity index (χ0) is 23.8. The number of carbonyl (C=O) groups excluding carboxylic acids is 1. The summed E-state index contributed by atoms with van der Waals surface area (Å²) in [6, 6.07) is 8.61. The zero-order valence-corrected chi connectivity index (χ0v) is 23.5. The smallest absolute Gasteiger partial charge is 0.408 e. The van der Waals surface area contributed by atoms with Gasteiger partial charge < -0.3 is 25.4 Å². The first-order valence-electron chi connectivity index (χ1n) is 11.3. The van der Waals surface area contributed by atoms with Crippen molar-refractivity contribution < 1.29 is 14.3 Å². The molecule has 2 rings (SSSR count). The number of amides is 1. The lowest BCUT2D eigenvalue weighted by Crippen LogP contribution is -2.54. The molecular weight excluding hydrogens is 533 g/mol. The van der Waals surface area contributed by atoms with E-state index in [2.05, 4.69) is 57.0 Å². The van der Waals surface area contributed by atoms with Gasteiger partial charge in [0.05, 0.1) is 18.2 Å². The van der Waals surface area contributed by atoms with Gasteiger partial charge in [-0.25, -0.2) is 4.79 Å². The second kappa shape index (κ2) is 13.3. The first kappa shape index (κ1) is 29.4. The summed E-state index contributed by atoms with van der Waals surface area (Å²) in [4.78, 5) is 18.8. The largest absolute Gasteiger partial charge is 0.444 e. The molecule has 1 unspecified atom stereocenters. The SMILES string of the molecule is CN=C(NCc1cccc(CN2CCOC(C)C2)c1)NCC(C)(C)NC(=O)OC(C)(C)C.I. The number of rotatable bonds is 7. The lowest BCUT2D eigenvalue weighted by Gasteiger charge is -2.31. The molecule has 1 aromatic rings. The molecule has 3 N–H and O–H groups in total. The van der Waals surface area contributed by atoms with Gasteiger partial charge in [0.15, 0.2) is 5.96 Å². The predicted molar refractivity (Wildman–Crippen MR) is 144 cm³/mol. The zero-order valence-electron chi connectivity index (χ0n) is 21.2. The Hall–Kier alpha value is -1.59. The van der Waals surface area contributed by atoms with E-state index in [1.54, 1.807) is 7.05 Å². The minimum absolute atomic E-state index is 0. The van der Waals surface area contributed by atoms with E-state index in [4.69, 9.17) is 9.47 Å². The highest BCUT2D eigenvalue weighted by molar-refractivity contribution is 14.0. The number of aliphatic imine (C=N–C) groups is 1. The summed E-state index contributed by atoms with van der Waals surface area (Å²) < 4.78 is 11.0. The van der Waals surface area contributed by atoms with Crippen molar-refractivity contribution in [3.05, 3.63) is 35.4 Å². The number of halogens is 1. The molecule has 9 heteroatoms. The molecule has 0 aliphatic carbocycles. The number of benzene rings is 1. The molecule has 1 aromatic carbocycles. The van der Waals surface area contributed by atoms with Gasteiger partial charge in [-0.3, -0.25) is 9.89 Å². The molecule has 0 aromatic heterocycles. The Bertz CT molecular complexity index is 780. The maximum absolute atomic E-state index is 12.1. The Morgan fingerprint density at radius 2 is 1.91 bits per heavy atom. The third-order valence-electron chi connectivity index (χ3n) is 4.94. The molecule has 1 aliphatic heterocycles. The van der Waals surface area contributed by atoms with Crippen molar-refractivity contribution in [2.24, 2.45) is 4.99 Å².